The summed E-state index contributed by atoms with van der Waals surface area (Å²) in [6.07, 6.45) is -6.05. The summed E-state index contributed by atoms with van der Waals surface area (Å²) in [6, 6.07) is 0. The molecule has 0 aliphatic carbocycles. The van der Waals surface area contributed by atoms with E-state index in [0.717, 1.165) is 6.92 Å². The maximum atomic E-state index is 12.0. The Balaban J connectivity index is 3.86. The Morgan fingerprint density at radius 2 is 1.64 bits per heavy atom. The molecule has 11 heavy (non-hydrogen) atoms. The van der Waals surface area contributed by atoms with Crippen LogP contribution in [0.2, 0.25) is 0 Å². The van der Waals surface area contributed by atoms with Gasteiger partial charge in [-0.1, -0.05) is 0 Å². The molecule has 0 rings (SSSR count). The highest BCUT2D eigenvalue weighted by atomic mass is 19.3. The van der Waals surface area contributed by atoms with Crippen LogP contribution in [0.3, 0.4) is 0 Å². The molecule has 1 unspecified atom stereocenters. The molecule has 0 radical (unpaired) electrons. The predicted molar refractivity (Wildman–Crippen MR) is 31.2 cm³/mol. The lowest BCUT2D eigenvalue weighted by Gasteiger charge is -1.98. The third-order valence-corrected chi connectivity index (χ3v) is 1.04. The van der Waals surface area contributed by atoms with Crippen molar-refractivity contribution in [3.05, 3.63) is 0 Å². The average Bonchev–Trinajstić information content (AvgIpc) is 1.87. The van der Waals surface area contributed by atoms with Gasteiger partial charge in [-0.3, -0.25) is 9.59 Å². The predicted octanol–water partition coefficient (Wildman–Crippen LogP) is 1.14. The molecule has 1 atom stereocenters. The quantitative estimate of drug-likeness (QED) is 0.590. The van der Waals surface area contributed by atoms with Crippen LogP contribution in [0.1, 0.15) is 13.3 Å². The Kier molecular flexibility index (Phi) is 3.78. The summed E-state index contributed by atoms with van der Waals surface area (Å²) < 4.78 is 34.8. The Bertz CT molecular complexity index is 147. The first-order valence-electron chi connectivity index (χ1n) is 2.92. The van der Waals surface area contributed by atoms with E-state index in [1.165, 1.54) is 0 Å². The summed E-state index contributed by atoms with van der Waals surface area (Å²) in [7, 11) is 0. The molecule has 0 aromatic heterocycles. The van der Waals surface area contributed by atoms with E-state index >= 15 is 0 Å². The number of ketones is 2. The first kappa shape index (κ1) is 10.1. The van der Waals surface area contributed by atoms with E-state index in [1.807, 2.05) is 0 Å². The van der Waals surface area contributed by atoms with E-state index in [2.05, 4.69) is 0 Å². The molecule has 0 aromatic rings. The minimum Gasteiger partial charge on any atom is -0.296 e. The van der Waals surface area contributed by atoms with Gasteiger partial charge in [-0.05, 0) is 6.92 Å². The number of hydrogen-bond donors (Lipinski definition) is 0. The van der Waals surface area contributed by atoms with Gasteiger partial charge >= 0.3 is 0 Å². The van der Waals surface area contributed by atoms with Gasteiger partial charge in [0.1, 0.15) is 0 Å². The standard InChI is InChI=1S/C6H7F3O2/c1-3(7)4(10)2-5(11)6(8)9/h3,6H,2H2,1H3. The van der Waals surface area contributed by atoms with Crippen LogP contribution < -0.4 is 0 Å². The van der Waals surface area contributed by atoms with Crippen molar-refractivity contribution < 1.29 is 22.8 Å². The minimum atomic E-state index is -3.18. The molecular weight excluding hydrogens is 161 g/mol. The summed E-state index contributed by atoms with van der Waals surface area (Å²) >= 11 is 0. The lowest BCUT2D eigenvalue weighted by molar-refractivity contribution is -0.135. The van der Waals surface area contributed by atoms with E-state index in [0.29, 0.717) is 0 Å². The van der Waals surface area contributed by atoms with Crippen molar-refractivity contribution in [1.82, 2.24) is 0 Å². The van der Waals surface area contributed by atoms with Crippen molar-refractivity contribution in [3.8, 4) is 0 Å². The molecule has 64 valence electrons. The van der Waals surface area contributed by atoms with Crippen molar-refractivity contribution >= 4 is 11.6 Å². The summed E-state index contributed by atoms with van der Waals surface area (Å²) in [6.45, 7) is 0.904. The van der Waals surface area contributed by atoms with Crippen LogP contribution in [0, 0.1) is 0 Å². The smallest absolute Gasteiger partial charge is 0.296 e. The number of Topliss-reactive ketones (excluding diaryl/α,β-unsaturated/α-hetero) is 2. The SMILES string of the molecule is CC(F)C(=O)CC(=O)C(F)F. The summed E-state index contributed by atoms with van der Waals surface area (Å²) in [5.74, 6) is -2.63. The third-order valence-electron chi connectivity index (χ3n) is 1.04. The Hall–Kier alpha value is -0.870. The Morgan fingerprint density at radius 3 is 1.91 bits per heavy atom. The van der Waals surface area contributed by atoms with Gasteiger partial charge in [-0.2, -0.15) is 0 Å². The maximum absolute atomic E-state index is 12.0. The number of carbonyl (C=O) groups excluding carboxylic acids is 2. The van der Waals surface area contributed by atoms with Gasteiger partial charge < -0.3 is 0 Å². The van der Waals surface area contributed by atoms with Gasteiger partial charge in [0, 0.05) is 0 Å². The Labute approximate surface area is 61.4 Å². The van der Waals surface area contributed by atoms with E-state index < -0.39 is 30.6 Å². The van der Waals surface area contributed by atoms with E-state index in [-0.39, 0.29) is 0 Å². The first-order valence-corrected chi connectivity index (χ1v) is 2.92. The minimum absolute atomic E-state index is 0.904. The van der Waals surface area contributed by atoms with E-state index in [9.17, 15) is 22.8 Å². The fourth-order valence-corrected chi connectivity index (χ4v) is 0.390. The topological polar surface area (TPSA) is 34.1 Å². The summed E-state index contributed by atoms with van der Waals surface area (Å²) in [4.78, 5) is 20.4. The monoisotopic (exact) mass is 168 g/mol. The van der Waals surface area contributed by atoms with Crippen molar-refractivity contribution in [2.24, 2.45) is 0 Å². The molecule has 0 amide bonds. The zero-order valence-electron chi connectivity index (χ0n) is 5.81. The summed E-state index contributed by atoms with van der Waals surface area (Å²) in [5, 5.41) is 0. The molecule has 0 aromatic carbocycles. The van der Waals surface area contributed by atoms with E-state index in [4.69, 9.17) is 0 Å². The van der Waals surface area contributed by atoms with Crippen LogP contribution in [0.15, 0.2) is 0 Å². The van der Waals surface area contributed by atoms with Gasteiger partial charge in [0.05, 0.1) is 6.42 Å². The van der Waals surface area contributed by atoms with Gasteiger partial charge in [-0.25, -0.2) is 13.2 Å². The average molecular weight is 168 g/mol. The normalized spacial score (nSPS) is 13.2. The van der Waals surface area contributed by atoms with Crippen LogP contribution in [-0.4, -0.2) is 24.2 Å². The summed E-state index contributed by atoms with van der Waals surface area (Å²) in [5.41, 5.74) is 0. The number of carbonyl (C=O) groups is 2. The second-order valence-corrected chi connectivity index (χ2v) is 2.03. The molecule has 0 N–H and O–H groups in total. The third kappa shape index (κ3) is 3.75. The lowest BCUT2D eigenvalue weighted by Crippen LogP contribution is -2.20. The van der Waals surface area contributed by atoms with Crippen molar-refractivity contribution in [2.75, 3.05) is 0 Å². The van der Waals surface area contributed by atoms with Crippen LogP contribution in [0.25, 0.3) is 0 Å². The van der Waals surface area contributed by atoms with Crippen molar-refractivity contribution in [2.45, 2.75) is 25.9 Å². The zero-order valence-corrected chi connectivity index (χ0v) is 5.81. The Morgan fingerprint density at radius 1 is 1.18 bits per heavy atom. The van der Waals surface area contributed by atoms with Gasteiger partial charge in [0.25, 0.3) is 6.43 Å². The lowest BCUT2D eigenvalue weighted by atomic mass is 10.1. The molecule has 0 saturated heterocycles. The fraction of sp³-hybridized carbons (Fsp3) is 0.667. The van der Waals surface area contributed by atoms with Gasteiger partial charge in [-0.15, -0.1) is 0 Å². The van der Waals surface area contributed by atoms with Crippen molar-refractivity contribution in [1.29, 1.82) is 0 Å². The van der Waals surface area contributed by atoms with Crippen LogP contribution >= 0.6 is 0 Å². The van der Waals surface area contributed by atoms with Crippen LogP contribution in [-0.2, 0) is 9.59 Å². The van der Waals surface area contributed by atoms with Gasteiger partial charge in [0.15, 0.2) is 12.0 Å². The maximum Gasteiger partial charge on any atom is 0.296 e. The molecule has 0 heterocycles. The van der Waals surface area contributed by atoms with Crippen LogP contribution in [0.5, 0.6) is 0 Å². The molecule has 0 saturated carbocycles. The number of alkyl halides is 3. The number of halogens is 3. The van der Waals surface area contributed by atoms with Crippen LogP contribution in [0.4, 0.5) is 13.2 Å². The molecule has 0 spiro atoms. The fourth-order valence-electron chi connectivity index (χ4n) is 0.390. The van der Waals surface area contributed by atoms with Gasteiger partial charge in [0.2, 0.25) is 5.78 Å². The second-order valence-electron chi connectivity index (χ2n) is 2.03. The molecule has 0 aliphatic rings. The molecular formula is C6H7F3O2. The highest BCUT2D eigenvalue weighted by Gasteiger charge is 2.21. The molecule has 0 bridgehead atoms. The second kappa shape index (κ2) is 4.10. The van der Waals surface area contributed by atoms with E-state index in [1.54, 1.807) is 0 Å². The molecule has 5 heteroatoms. The highest BCUT2D eigenvalue weighted by Crippen LogP contribution is 2.02. The number of hydrogen-bond acceptors (Lipinski definition) is 2. The first-order chi connectivity index (χ1) is 4.95. The molecule has 2 nitrogen and oxygen atoms in total. The largest absolute Gasteiger partial charge is 0.296 e. The zero-order chi connectivity index (χ0) is 9.02. The van der Waals surface area contributed by atoms with Crippen molar-refractivity contribution in [3.63, 3.8) is 0 Å². The molecule has 0 aliphatic heterocycles. The number of rotatable bonds is 4. The molecule has 0 fully saturated rings. The highest BCUT2D eigenvalue weighted by molar-refractivity contribution is 6.02.